The average molecular weight is 296 g/mol. The lowest BCUT2D eigenvalue weighted by Gasteiger charge is -2.32. The molecule has 5 nitrogen and oxygen atoms in total. The highest BCUT2D eigenvalue weighted by atomic mass is 16.5. The van der Waals surface area contributed by atoms with E-state index in [1.54, 1.807) is 0 Å². The monoisotopic (exact) mass is 296 g/mol. The van der Waals surface area contributed by atoms with E-state index in [-0.39, 0.29) is 6.10 Å². The summed E-state index contributed by atoms with van der Waals surface area (Å²) in [6, 6.07) is 8.71. The van der Waals surface area contributed by atoms with Gasteiger partial charge in [-0.15, -0.1) is 0 Å². The Labute approximate surface area is 129 Å². The number of nitrogens with one attached hydrogen (secondary N) is 2. The van der Waals surface area contributed by atoms with Gasteiger partial charge in [-0.2, -0.15) is 0 Å². The van der Waals surface area contributed by atoms with Crippen molar-refractivity contribution in [2.24, 2.45) is 0 Å². The van der Waals surface area contributed by atoms with Crippen LogP contribution in [-0.4, -0.2) is 39.5 Å². The molecule has 0 saturated carbocycles. The lowest BCUT2D eigenvalue weighted by atomic mass is 10.1. The number of fused-ring (bicyclic) bond motifs is 1. The van der Waals surface area contributed by atoms with Gasteiger partial charge in [0.05, 0.1) is 6.61 Å². The highest BCUT2D eigenvalue weighted by molar-refractivity contribution is 5.79. The molecule has 1 aromatic carbocycles. The zero-order valence-electron chi connectivity index (χ0n) is 12.7. The number of aromatic amines is 2. The molecule has 0 bridgehead atoms. The SMILES string of the molecule is Cc1cnc(C2CN(Cc3ccc4cc[nH]c4c3)CCO2)[nH]1. The van der Waals surface area contributed by atoms with E-state index in [0.29, 0.717) is 0 Å². The fraction of sp³-hybridized carbons (Fsp3) is 0.353. The van der Waals surface area contributed by atoms with E-state index in [1.807, 2.05) is 19.3 Å². The molecule has 1 fully saturated rings. The first-order valence-corrected chi connectivity index (χ1v) is 7.69. The molecule has 1 aliphatic rings. The Kier molecular flexibility index (Phi) is 3.44. The summed E-state index contributed by atoms with van der Waals surface area (Å²) in [5.74, 6) is 0.932. The van der Waals surface area contributed by atoms with Crippen LogP contribution in [-0.2, 0) is 11.3 Å². The summed E-state index contributed by atoms with van der Waals surface area (Å²) in [5, 5.41) is 1.26. The van der Waals surface area contributed by atoms with Crippen LogP contribution in [0.5, 0.6) is 0 Å². The molecule has 0 amide bonds. The van der Waals surface area contributed by atoms with Crippen molar-refractivity contribution in [3.63, 3.8) is 0 Å². The van der Waals surface area contributed by atoms with Crippen LogP contribution in [0.15, 0.2) is 36.7 Å². The summed E-state index contributed by atoms with van der Waals surface area (Å²) >= 11 is 0. The summed E-state index contributed by atoms with van der Waals surface area (Å²) in [5.41, 5.74) is 3.60. The largest absolute Gasteiger partial charge is 0.368 e. The summed E-state index contributed by atoms with van der Waals surface area (Å²) in [7, 11) is 0. The number of nitrogens with zero attached hydrogens (tertiary/aromatic N) is 2. The molecule has 1 unspecified atom stereocenters. The minimum atomic E-state index is 0.0386. The van der Waals surface area contributed by atoms with Crippen molar-refractivity contribution in [1.82, 2.24) is 19.9 Å². The van der Waals surface area contributed by atoms with Gasteiger partial charge in [-0.1, -0.05) is 12.1 Å². The van der Waals surface area contributed by atoms with E-state index in [9.17, 15) is 0 Å². The fourth-order valence-corrected chi connectivity index (χ4v) is 3.06. The number of aromatic nitrogens is 3. The summed E-state index contributed by atoms with van der Waals surface area (Å²) in [4.78, 5) is 13.4. The number of benzene rings is 1. The summed E-state index contributed by atoms with van der Waals surface area (Å²) in [6.45, 7) is 5.53. The second-order valence-electron chi connectivity index (χ2n) is 5.95. The molecule has 3 aromatic rings. The Hall–Kier alpha value is -2.11. The second kappa shape index (κ2) is 5.59. The molecule has 2 aromatic heterocycles. The van der Waals surface area contributed by atoms with Crippen LogP contribution in [0.25, 0.3) is 10.9 Å². The summed E-state index contributed by atoms with van der Waals surface area (Å²) < 4.78 is 5.86. The number of H-pyrrole nitrogens is 2. The van der Waals surface area contributed by atoms with Crippen LogP contribution in [0, 0.1) is 6.92 Å². The minimum Gasteiger partial charge on any atom is -0.368 e. The van der Waals surface area contributed by atoms with E-state index >= 15 is 0 Å². The van der Waals surface area contributed by atoms with E-state index in [2.05, 4.69) is 44.1 Å². The molecule has 4 rings (SSSR count). The Morgan fingerprint density at radius 3 is 3.18 bits per heavy atom. The molecular weight excluding hydrogens is 276 g/mol. The van der Waals surface area contributed by atoms with Gasteiger partial charge in [0.1, 0.15) is 11.9 Å². The predicted molar refractivity (Wildman–Crippen MR) is 85.6 cm³/mol. The molecule has 0 spiro atoms. The van der Waals surface area contributed by atoms with Gasteiger partial charge in [0.15, 0.2) is 0 Å². The Morgan fingerprint density at radius 2 is 2.32 bits per heavy atom. The van der Waals surface area contributed by atoms with Crippen molar-refractivity contribution in [2.75, 3.05) is 19.7 Å². The van der Waals surface area contributed by atoms with Crippen molar-refractivity contribution < 1.29 is 4.74 Å². The maximum absolute atomic E-state index is 5.86. The number of rotatable bonds is 3. The quantitative estimate of drug-likeness (QED) is 0.781. The lowest BCUT2D eigenvalue weighted by molar-refractivity contribution is -0.0368. The van der Waals surface area contributed by atoms with Gasteiger partial charge in [0, 0.05) is 43.2 Å². The summed E-state index contributed by atoms with van der Waals surface area (Å²) in [6.07, 6.45) is 3.88. The number of ether oxygens (including phenoxy) is 1. The smallest absolute Gasteiger partial charge is 0.136 e. The highest BCUT2D eigenvalue weighted by Gasteiger charge is 2.24. The maximum Gasteiger partial charge on any atom is 0.136 e. The number of imidazole rings is 1. The van der Waals surface area contributed by atoms with E-state index < -0.39 is 0 Å². The second-order valence-corrected chi connectivity index (χ2v) is 5.95. The molecule has 1 atom stereocenters. The van der Waals surface area contributed by atoms with Crippen molar-refractivity contribution >= 4 is 10.9 Å². The van der Waals surface area contributed by atoms with Gasteiger partial charge in [0.2, 0.25) is 0 Å². The number of hydrogen-bond donors (Lipinski definition) is 2. The minimum absolute atomic E-state index is 0.0386. The van der Waals surface area contributed by atoms with Gasteiger partial charge in [-0.3, -0.25) is 4.90 Å². The molecule has 5 heteroatoms. The third kappa shape index (κ3) is 2.65. The number of hydrogen-bond acceptors (Lipinski definition) is 3. The maximum atomic E-state index is 5.86. The molecule has 2 N–H and O–H groups in total. The van der Waals surface area contributed by atoms with E-state index in [1.165, 1.54) is 16.5 Å². The van der Waals surface area contributed by atoms with Crippen molar-refractivity contribution in [3.05, 3.63) is 53.7 Å². The Balaban J connectivity index is 1.47. The molecule has 0 aliphatic carbocycles. The first kappa shape index (κ1) is 13.5. The average Bonchev–Trinajstić information content (AvgIpc) is 3.16. The van der Waals surface area contributed by atoms with Crippen molar-refractivity contribution in [1.29, 1.82) is 0 Å². The molecule has 0 radical (unpaired) electrons. The van der Waals surface area contributed by atoms with Crippen LogP contribution >= 0.6 is 0 Å². The molecule has 1 aliphatic heterocycles. The number of aryl methyl sites for hydroxylation is 1. The van der Waals surface area contributed by atoms with E-state index in [0.717, 1.165) is 37.8 Å². The Bertz CT molecular complexity index is 776. The molecule has 22 heavy (non-hydrogen) atoms. The van der Waals surface area contributed by atoms with Gasteiger partial charge in [0.25, 0.3) is 0 Å². The fourth-order valence-electron chi connectivity index (χ4n) is 3.06. The third-order valence-corrected chi connectivity index (χ3v) is 4.20. The normalized spacial score (nSPS) is 19.8. The molecule has 3 heterocycles. The van der Waals surface area contributed by atoms with Gasteiger partial charge >= 0.3 is 0 Å². The third-order valence-electron chi connectivity index (χ3n) is 4.20. The first-order valence-electron chi connectivity index (χ1n) is 7.69. The lowest BCUT2D eigenvalue weighted by Crippen LogP contribution is -2.38. The topological polar surface area (TPSA) is 56.9 Å². The van der Waals surface area contributed by atoms with Crippen LogP contribution in [0.2, 0.25) is 0 Å². The Morgan fingerprint density at radius 1 is 1.36 bits per heavy atom. The van der Waals surface area contributed by atoms with Crippen molar-refractivity contribution in [3.8, 4) is 0 Å². The first-order chi connectivity index (χ1) is 10.8. The number of morpholine rings is 1. The van der Waals surface area contributed by atoms with Crippen LogP contribution in [0.4, 0.5) is 0 Å². The zero-order valence-corrected chi connectivity index (χ0v) is 12.7. The van der Waals surface area contributed by atoms with E-state index in [4.69, 9.17) is 4.74 Å². The predicted octanol–water partition coefficient (Wildman–Crippen LogP) is 2.77. The van der Waals surface area contributed by atoms with Gasteiger partial charge in [-0.05, 0) is 30.0 Å². The molecule has 1 saturated heterocycles. The van der Waals surface area contributed by atoms with Gasteiger partial charge in [-0.25, -0.2) is 4.98 Å². The van der Waals surface area contributed by atoms with Crippen LogP contribution in [0.3, 0.4) is 0 Å². The van der Waals surface area contributed by atoms with Crippen molar-refractivity contribution in [2.45, 2.75) is 19.6 Å². The molecule has 114 valence electrons. The standard InChI is InChI=1S/C17H20N4O/c1-12-9-19-17(20-12)16-11-21(6-7-22-16)10-13-2-3-14-4-5-18-15(14)8-13/h2-5,8-9,16,18H,6-7,10-11H2,1H3,(H,19,20). The van der Waals surface area contributed by atoms with Crippen LogP contribution in [0.1, 0.15) is 23.2 Å². The van der Waals surface area contributed by atoms with Gasteiger partial charge < -0.3 is 14.7 Å². The highest BCUT2D eigenvalue weighted by Crippen LogP contribution is 2.22. The zero-order chi connectivity index (χ0) is 14.9. The molecular formula is C17H20N4O. The van der Waals surface area contributed by atoms with Crippen LogP contribution < -0.4 is 0 Å².